The maximum atomic E-state index is 10.5. The van der Waals surface area contributed by atoms with Crippen LogP contribution in [-0.4, -0.2) is 21.2 Å². The monoisotopic (exact) mass is 231 g/mol. The van der Waals surface area contributed by atoms with Gasteiger partial charge in [-0.25, -0.2) is 9.78 Å². The molecule has 12 heavy (non-hydrogen) atoms. The maximum Gasteiger partial charge on any atom is 0.354 e. The van der Waals surface area contributed by atoms with E-state index >= 15 is 0 Å². The zero-order chi connectivity index (χ0) is 9.14. The highest BCUT2D eigenvalue weighted by Gasteiger charge is 2.06. The van der Waals surface area contributed by atoms with Gasteiger partial charge in [0.2, 0.25) is 0 Å². The molecule has 0 saturated heterocycles. The number of carbonyl (C=O) groups is 1. The molecule has 0 aliphatic heterocycles. The fourth-order valence-corrected chi connectivity index (χ4v) is 1.22. The van der Waals surface area contributed by atoms with Crippen LogP contribution in [0.1, 0.15) is 16.2 Å². The van der Waals surface area contributed by atoms with Gasteiger partial charge < -0.3 is 10.2 Å². The van der Waals surface area contributed by atoms with Gasteiger partial charge in [0.1, 0.15) is 5.69 Å². The zero-order valence-electron chi connectivity index (χ0n) is 5.99. The van der Waals surface area contributed by atoms with Crippen LogP contribution in [-0.2, 0) is 6.61 Å². The van der Waals surface area contributed by atoms with Crippen LogP contribution in [0, 0.1) is 0 Å². The highest BCUT2D eigenvalue weighted by Crippen LogP contribution is 2.12. The van der Waals surface area contributed by atoms with Gasteiger partial charge in [-0.05, 0) is 12.1 Å². The Morgan fingerprint density at radius 1 is 1.58 bits per heavy atom. The quantitative estimate of drug-likeness (QED) is 0.798. The molecule has 1 aromatic heterocycles. The second-order valence-corrected chi connectivity index (χ2v) is 3.04. The lowest BCUT2D eigenvalue weighted by Crippen LogP contribution is -2.02. The van der Waals surface area contributed by atoms with Crippen molar-refractivity contribution in [1.29, 1.82) is 0 Å². The number of carboxylic acids is 1. The molecule has 4 nitrogen and oxygen atoms in total. The number of rotatable bonds is 2. The van der Waals surface area contributed by atoms with Gasteiger partial charge in [0, 0.05) is 4.47 Å². The van der Waals surface area contributed by atoms with Crippen LogP contribution in [0.5, 0.6) is 0 Å². The molecule has 1 aromatic rings. The Morgan fingerprint density at radius 2 is 2.25 bits per heavy atom. The van der Waals surface area contributed by atoms with E-state index in [0.29, 0.717) is 10.2 Å². The third-order valence-corrected chi connectivity index (χ3v) is 1.68. The van der Waals surface area contributed by atoms with E-state index in [4.69, 9.17) is 10.2 Å². The minimum atomic E-state index is -1.11. The Labute approximate surface area is 77.0 Å². The summed E-state index contributed by atoms with van der Waals surface area (Å²) < 4.78 is 0.596. The van der Waals surface area contributed by atoms with E-state index in [0.717, 1.165) is 0 Å². The number of nitrogens with zero attached hydrogens (tertiary/aromatic N) is 1. The van der Waals surface area contributed by atoms with Crippen LogP contribution in [0.2, 0.25) is 0 Å². The Hall–Kier alpha value is -0.940. The van der Waals surface area contributed by atoms with E-state index in [1.807, 2.05) is 0 Å². The third kappa shape index (κ3) is 2.02. The Bertz CT molecular complexity index is 314. The van der Waals surface area contributed by atoms with Crippen molar-refractivity contribution in [2.24, 2.45) is 0 Å². The molecular weight excluding hydrogens is 226 g/mol. The van der Waals surface area contributed by atoms with Gasteiger partial charge in [-0.15, -0.1) is 0 Å². The Morgan fingerprint density at radius 3 is 2.75 bits per heavy atom. The maximum absolute atomic E-state index is 10.5. The predicted molar refractivity (Wildman–Crippen MR) is 44.8 cm³/mol. The SMILES string of the molecule is O=C(O)c1cc(Br)cc(CO)n1. The summed E-state index contributed by atoms with van der Waals surface area (Å²) in [5.41, 5.74) is 0.259. The molecule has 0 aromatic carbocycles. The van der Waals surface area contributed by atoms with E-state index < -0.39 is 5.97 Å². The normalized spacial score (nSPS) is 9.83. The van der Waals surface area contributed by atoms with Crippen LogP contribution >= 0.6 is 15.9 Å². The summed E-state index contributed by atoms with van der Waals surface area (Å²) in [6.45, 7) is -0.264. The lowest BCUT2D eigenvalue weighted by atomic mass is 10.3. The third-order valence-electron chi connectivity index (χ3n) is 1.22. The Balaban J connectivity index is 3.15. The molecule has 0 bridgehead atoms. The lowest BCUT2D eigenvalue weighted by molar-refractivity contribution is 0.0690. The highest BCUT2D eigenvalue weighted by atomic mass is 79.9. The first kappa shape index (κ1) is 9.15. The van der Waals surface area contributed by atoms with Crippen LogP contribution in [0.4, 0.5) is 0 Å². The van der Waals surface area contributed by atoms with Crippen molar-refractivity contribution >= 4 is 21.9 Å². The number of hydrogen-bond donors (Lipinski definition) is 2. The number of aliphatic hydroxyl groups is 1. The average molecular weight is 232 g/mol. The summed E-state index contributed by atoms with van der Waals surface area (Å²) in [5.74, 6) is -1.11. The van der Waals surface area contributed by atoms with Gasteiger partial charge >= 0.3 is 5.97 Å². The molecule has 0 atom stereocenters. The second kappa shape index (κ2) is 3.64. The first-order valence-corrected chi connectivity index (χ1v) is 3.93. The molecule has 0 fully saturated rings. The van der Waals surface area contributed by atoms with E-state index in [1.54, 1.807) is 6.07 Å². The molecule has 64 valence electrons. The summed E-state index contributed by atoms with van der Waals surface area (Å²) in [4.78, 5) is 14.1. The number of carboxylic acid groups (broad SMARTS) is 1. The van der Waals surface area contributed by atoms with E-state index in [1.165, 1.54) is 6.07 Å². The predicted octanol–water partition coefficient (Wildman–Crippen LogP) is 1.03. The molecule has 0 unspecified atom stereocenters. The average Bonchev–Trinajstić information content (AvgIpc) is 2.03. The number of pyridine rings is 1. The Kier molecular flexibility index (Phi) is 2.78. The minimum Gasteiger partial charge on any atom is -0.477 e. The smallest absolute Gasteiger partial charge is 0.354 e. The van der Waals surface area contributed by atoms with E-state index in [-0.39, 0.29) is 12.3 Å². The van der Waals surface area contributed by atoms with Crippen molar-refractivity contribution < 1.29 is 15.0 Å². The van der Waals surface area contributed by atoms with Crippen LogP contribution < -0.4 is 0 Å². The van der Waals surface area contributed by atoms with Crippen molar-refractivity contribution in [3.63, 3.8) is 0 Å². The van der Waals surface area contributed by atoms with Crippen LogP contribution in [0.3, 0.4) is 0 Å². The first-order chi connectivity index (χ1) is 5.63. The van der Waals surface area contributed by atoms with Gasteiger partial charge in [-0.3, -0.25) is 0 Å². The molecular formula is C7H6BrNO3. The summed E-state index contributed by atoms with van der Waals surface area (Å²) in [6.07, 6.45) is 0. The van der Waals surface area contributed by atoms with Gasteiger partial charge in [-0.1, -0.05) is 15.9 Å². The van der Waals surface area contributed by atoms with Gasteiger partial charge in [0.15, 0.2) is 0 Å². The van der Waals surface area contributed by atoms with Crippen molar-refractivity contribution in [2.75, 3.05) is 0 Å². The summed E-state index contributed by atoms with van der Waals surface area (Å²) in [7, 11) is 0. The van der Waals surface area contributed by atoms with Crippen LogP contribution in [0.15, 0.2) is 16.6 Å². The molecule has 0 radical (unpaired) electrons. The van der Waals surface area contributed by atoms with E-state index in [9.17, 15) is 4.79 Å². The van der Waals surface area contributed by atoms with Gasteiger partial charge in [0.05, 0.1) is 12.3 Å². The number of hydrogen-bond acceptors (Lipinski definition) is 3. The number of halogens is 1. The van der Waals surface area contributed by atoms with Crippen LogP contribution in [0.25, 0.3) is 0 Å². The van der Waals surface area contributed by atoms with Crippen molar-refractivity contribution in [3.05, 3.63) is 28.0 Å². The van der Waals surface area contributed by atoms with Crippen molar-refractivity contribution in [2.45, 2.75) is 6.61 Å². The number of aromatic carboxylic acids is 1. The van der Waals surface area contributed by atoms with Crippen molar-refractivity contribution in [1.82, 2.24) is 4.98 Å². The van der Waals surface area contributed by atoms with Crippen molar-refractivity contribution in [3.8, 4) is 0 Å². The molecule has 0 saturated carbocycles. The molecule has 0 aliphatic carbocycles. The van der Waals surface area contributed by atoms with Gasteiger partial charge in [-0.2, -0.15) is 0 Å². The molecule has 5 heteroatoms. The molecule has 1 rings (SSSR count). The first-order valence-electron chi connectivity index (χ1n) is 3.14. The number of aromatic nitrogens is 1. The standard InChI is InChI=1S/C7H6BrNO3/c8-4-1-5(3-10)9-6(2-4)7(11)12/h1-2,10H,3H2,(H,11,12). The summed E-state index contributed by atoms with van der Waals surface area (Å²) in [5, 5.41) is 17.3. The minimum absolute atomic E-state index is 0.0755. The highest BCUT2D eigenvalue weighted by molar-refractivity contribution is 9.10. The second-order valence-electron chi connectivity index (χ2n) is 2.13. The molecule has 1 heterocycles. The van der Waals surface area contributed by atoms with E-state index in [2.05, 4.69) is 20.9 Å². The lowest BCUT2D eigenvalue weighted by Gasteiger charge is -1.98. The molecule has 0 spiro atoms. The topological polar surface area (TPSA) is 70.4 Å². The molecule has 0 aliphatic rings. The molecule has 2 N–H and O–H groups in total. The summed E-state index contributed by atoms with van der Waals surface area (Å²) in [6, 6.07) is 2.94. The largest absolute Gasteiger partial charge is 0.477 e. The summed E-state index contributed by atoms with van der Waals surface area (Å²) >= 11 is 3.11. The fourth-order valence-electron chi connectivity index (χ4n) is 0.741. The molecule has 0 amide bonds. The fraction of sp³-hybridized carbons (Fsp3) is 0.143. The number of aliphatic hydroxyl groups excluding tert-OH is 1. The van der Waals surface area contributed by atoms with Gasteiger partial charge in [0.25, 0.3) is 0 Å². The zero-order valence-corrected chi connectivity index (χ0v) is 7.58.